The Bertz CT molecular complexity index is 490. The van der Waals surface area contributed by atoms with Crippen molar-refractivity contribution in [2.24, 2.45) is 11.1 Å². The van der Waals surface area contributed by atoms with E-state index < -0.39 is 5.41 Å². The molecule has 2 rings (SSSR count). The number of nitrogens with zero attached hydrogens (tertiary/aromatic N) is 1. The number of nitrogen functional groups attached to an aromatic ring is 1. The van der Waals surface area contributed by atoms with E-state index in [4.69, 9.17) is 16.2 Å². The van der Waals surface area contributed by atoms with E-state index in [0.29, 0.717) is 12.2 Å². The molecule has 0 spiro atoms. The maximum atomic E-state index is 11.4. The molecule has 1 aromatic rings. The third kappa shape index (κ3) is 2.98. The van der Waals surface area contributed by atoms with Crippen LogP contribution in [-0.4, -0.2) is 31.0 Å². The van der Waals surface area contributed by atoms with E-state index in [1.165, 1.54) is 0 Å². The first-order valence-corrected chi connectivity index (χ1v) is 6.39. The third-order valence-electron chi connectivity index (χ3n) is 3.78. The van der Waals surface area contributed by atoms with Gasteiger partial charge in [-0.25, -0.2) is 0 Å². The zero-order valence-corrected chi connectivity index (χ0v) is 11.5. The van der Waals surface area contributed by atoms with Crippen LogP contribution in [0.25, 0.3) is 0 Å². The number of rotatable bonds is 4. The van der Waals surface area contributed by atoms with E-state index in [2.05, 4.69) is 4.90 Å². The van der Waals surface area contributed by atoms with Gasteiger partial charge in [0.15, 0.2) is 0 Å². The van der Waals surface area contributed by atoms with Crippen molar-refractivity contribution < 1.29 is 9.53 Å². The minimum Gasteiger partial charge on any atom is -0.497 e. The molecule has 0 saturated carbocycles. The summed E-state index contributed by atoms with van der Waals surface area (Å²) in [6.45, 7) is 4.25. The van der Waals surface area contributed by atoms with Gasteiger partial charge in [0.1, 0.15) is 5.75 Å². The Morgan fingerprint density at radius 2 is 2.21 bits per heavy atom. The van der Waals surface area contributed by atoms with Crippen molar-refractivity contribution in [1.29, 1.82) is 0 Å². The second-order valence-corrected chi connectivity index (χ2v) is 5.50. The second kappa shape index (κ2) is 5.09. The molecule has 1 aromatic carbocycles. The third-order valence-corrected chi connectivity index (χ3v) is 3.78. The molecule has 104 valence electrons. The number of benzene rings is 1. The molecule has 5 nitrogen and oxygen atoms in total. The SMILES string of the molecule is COc1cc(N)cc(CN2CCC(C)(C(N)=O)C2)c1. The Labute approximate surface area is 113 Å². The van der Waals surface area contributed by atoms with E-state index in [1.54, 1.807) is 13.2 Å². The van der Waals surface area contributed by atoms with Crippen LogP contribution in [0.1, 0.15) is 18.9 Å². The van der Waals surface area contributed by atoms with Crippen molar-refractivity contribution >= 4 is 11.6 Å². The average Bonchev–Trinajstić information content (AvgIpc) is 2.71. The number of primary amides is 1. The van der Waals surface area contributed by atoms with E-state index in [1.807, 2.05) is 19.1 Å². The van der Waals surface area contributed by atoms with E-state index >= 15 is 0 Å². The summed E-state index contributed by atoms with van der Waals surface area (Å²) in [5.41, 5.74) is 12.7. The highest BCUT2D eigenvalue weighted by atomic mass is 16.5. The summed E-state index contributed by atoms with van der Waals surface area (Å²) >= 11 is 0. The molecule has 0 aromatic heterocycles. The predicted molar refractivity (Wildman–Crippen MR) is 74.6 cm³/mol. The van der Waals surface area contributed by atoms with Crippen LogP contribution in [0, 0.1) is 5.41 Å². The van der Waals surface area contributed by atoms with E-state index in [0.717, 1.165) is 30.8 Å². The molecule has 1 fully saturated rings. The van der Waals surface area contributed by atoms with Crippen molar-refractivity contribution in [3.05, 3.63) is 23.8 Å². The Morgan fingerprint density at radius 3 is 2.79 bits per heavy atom. The molecule has 1 aliphatic heterocycles. The summed E-state index contributed by atoms with van der Waals surface area (Å²) in [5, 5.41) is 0. The monoisotopic (exact) mass is 263 g/mol. The molecule has 19 heavy (non-hydrogen) atoms. The maximum Gasteiger partial charge on any atom is 0.224 e. The number of ether oxygens (including phenoxy) is 1. The summed E-state index contributed by atoms with van der Waals surface area (Å²) in [7, 11) is 1.62. The smallest absolute Gasteiger partial charge is 0.224 e. The van der Waals surface area contributed by atoms with Gasteiger partial charge in [-0.3, -0.25) is 9.69 Å². The Balaban J connectivity index is 2.07. The number of hydrogen-bond donors (Lipinski definition) is 2. The Hall–Kier alpha value is -1.75. The molecule has 5 heteroatoms. The summed E-state index contributed by atoms with van der Waals surface area (Å²) in [6, 6.07) is 5.69. The van der Waals surface area contributed by atoms with Crippen LogP contribution in [0.2, 0.25) is 0 Å². The van der Waals surface area contributed by atoms with Crippen molar-refractivity contribution in [2.45, 2.75) is 19.9 Å². The fraction of sp³-hybridized carbons (Fsp3) is 0.500. The molecule has 0 radical (unpaired) electrons. The molecular formula is C14H21N3O2. The van der Waals surface area contributed by atoms with Crippen molar-refractivity contribution in [3.63, 3.8) is 0 Å². The maximum absolute atomic E-state index is 11.4. The topological polar surface area (TPSA) is 81.6 Å². The van der Waals surface area contributed by atoms with Gasteiger partial charge in [0.2, 0.25) is 5.91 Å². The minimum absolute atomic E-state index is 0.222. The molecule has 0 bridgehead atoms. The molecule has 0 aliphatic carbocycles. The fourth-order valence-corrected chi connectivity index (χ4v) is 2.55. The van der Waals surface area contributed by atoms with E-state index in [-0.39, 0.29) is 5.91 Å². The van der Waals surface area contributed by atoms with Gasteiger partial charge in [-0.15, -0.1) is 0 Å². The first-order valence-electron chi connectivity index (χ1n) is 6.39. The Kier molecular flexibility index (Phi) is 3.66. The summed E-state index contributed by atoms with van der Waals surface area (Å²) in [4.78, 5) is 13.7. The highest BCUT2D eigenvalue weighted by Crippen LogP contribution is 2.31. The number of nitrogens with two attached hydrogens (primary N) is 2. The summed E-state index contributed by atoms with van der Waals surface area (Å²) in [6.07, 6.45) is 0.807. The molecule has 1 aliphatic rings. The van der Waals surface area contributed by atoms with Crippen LogP contribution in [0.3, 0.4) is 0 Å². The van der Waals surface area contributed by atoms with Crippen LogP contribution in [0.4, 0.5) is 5.69 Å². The van der Waals surface area contributed by atoms with Gasteiger partial charge in [-0.1, -0.05) is 0 Å². The van der Waals surface area contributed by atoms with Gasteiger partial charge in [0.05, 0.1) is 12.5 Å². The molecular weight excluding hydrogens is 242 g/mol. The van der Waals surface area contributed by atoms with Crippen LogP contribution in [-0.2, 0) is 11.3 Å². The molecule has 1 amide bonds. The van der Waals surface area contributed by atoms with Crippen molar-refractivity contribution in [2.75, 3.05) is 25.9 Å². The Morgan fingerprint density at radius 1 is 1.47 bits per heavy atom. The zero-order chi connectivity index (χ0) is 14.0. The van der Waals surface area contributed by atoms with Gasteiger partial charge in [-0.2, -0.15) is 0 Å². The largest absolute Gasteiger partial charge is 0.497 e. The van der Waals surface area contributed by atoms with Gasteiger partial charge >= 0.3 is 0 Å². The normalized spacial score (nSPS) is 23.5. The number of hydrogen-bond acceptors (Lipinski definition) is 4. The number of anilines is 1. The summed E-state index contributed by atoms with van der Waals surface area (Å²) < 4.78 is 5.21. The lowest BCUT2D eigenvalue weighted by molar-refractivity contribution is -0.126. The number of likely N-dealkylation sites (tertiary alicyclic amines) is 1. The van der Waals surface area contributed by atoms with E-state index in [9.17, 15) is 4.79 Å². The van der Waals surface area contributed by atoms with Gasteiger partial charge in [-0.05, 0) is 37.6 Å². The average molecular weight is 263 g/mol. The van der Waals surface area contributed by atoms with Crippen molar-refractivity contribution in [1.82, 2.24) is 4.90 Å². The highest BCUT2D eigenvalue weighted by molar-refractivity contribution is 5.81. The lowest BCUT2D eigenvalue weighted by Crippen LogP contribution is -2.36. The van der Waals surface area contributed by atoms with Crippen molar-refractivity contribution in [3.8, 4) is 5.75 Å². The van der Waals surface area contributed by atoms with Gasteiger partial charge in [0.25, 0.3) is 0 Å². The molecule has 4 N–H and O–H groups in total. The summed E-state index contributed by atoms with van der Waals surface area (Å²) in [5.74, 6) is 0.534. The molecule has 1 unspecified atom stereocenters. The van der Waals surface area contributed by atoms with Gasteiger partial charge in [0, 0.05) is 24.8 Å². The first kappa shape index (κ1) is 13.7. The van der Waals surface area contributed by atoms with Crippen LogP contribution < -0.4 is 16.2 Å². The first-order chi connectivity index (χ1) is 8.93. The second-order valence-electron chi connectivity index (χ2n) is 5.50. The van der Waals surface area contributed by atoms with Crippen LogP contribution in [0.15, 0.2) is 18.2 Å². The number of methoxy groups -OCH3 is 1. The van der Waals surface area contributed by atoms with Gasteiger partial charge < -0.3 is 16.2 Å². The number of carbonyl (C=O) groups is 1. The number of amides is 1. The standard InChI is InChI=1S/C14H21N3O2/c1-14(13(16)18)3-4-17(9-14)8-10-5-11(15)7-12(6-10)19-2/h5-7H,3-4,8-9,15H2,1-2H3,(H2,16,18). The number of carbonyl (C=O) groups excluding carboxylic acids is 1. The minimum atomic E-state index is -0.412. The van der Waals surface area contributed by atoms with Crippen LogP contribution in [0.5, 0.6) is 5.75 Å². The zero-order valence-electron chi connectivity index (χ0n) is 11.5. The molecule has 1 atom stereocenters. The highest BCUT2D eigenvalue weighted by Gasteiger charge is 2.38. The molecule has 1 saturated heterocycles. The predicted octanol–water partition coefficient (Wildman–Crippen LogP) is 0.975. The lowest BCUT2D eigenvalue weighted by atomic mass is 9.89. The lowest BCUT2D eigenvalue weighted by Gasteiger charge is -2.21. The molecule has 1 heterocycles. The fourth-order valence-electron chi connectivity index (χ4n) is 2.55. The quantitative estimate of drug-likeness (QED) is 0.793. The van der Waals surface area contributed by atoms with Crippen LogP contribution >= 0.6 is 0 Å².